The quantitative estimate of drug-likeness (QED) is 0.0212. The standard InChI is InChI=1S/C25H27Cl2N5O7.C24H24Cl2FN5O5.C24H25Cl2N5O6.CH4/c1-4-19(35)29-15-10-39-11-16(15)30-25-28-7-12-5-14(24(36)32(23(12)31-25)8-13(34)9-33)20-21(26)17(37-2)6-18(38-3)22(20)27;1-4-18(33)29-14-10-37-11-15(14)30-24-28-9-12-7-13(23(34)32(6-5-27)22(12)31-24)19-20(25)16(35-2)8-17(36-3)21(19)26;1-4-18(33)28-14-10-37-11-15(14)29-24-27-9-12-7-13(23(34)31(5-6-32)22(12)30-24)19-20(25)16(35-2)8-17(36-3)21(19)26;/h4-7,13,15-16,33-34H,1,8-11H2,2-3H3,(H,29,35)(H,28,30,31);4,7-9,14-15H,1,5-6,10-11H2,2-3H3,(H,29,33)(H,28,30,31);4,7-9,14-15,32H,1,5-6,10-11H2,2-3H3,(H,28,33)(H,27,29,30);1H4/t13?,15-,16+;2*14-,15+;/m000./s1. The van der Waals surface area contributed by atoms with Gasteiger partial charge in [0.25, 0.3) is 16.7 Å². The zero-order valence-corrected chi connectivity index (χ0v) is 65.7. The smallest absolute Gasteiger partial charge is 0.260 e. The topological polar surface area (TPSA) is 410 Å². The molecule has 40 heteroatoms. The van der Waals surface area contributed by atoms with Crippen LogP contribution in [0.25, 0.3) is 66.5 Å². The van der Waals surface area contributed by atoms with Gasteiger partial charge in [-0.15, -0.1) is 0 Å². The van der Waals surface area contributed by atoms with E-state index in [4.69, 9.17) is 112 Å². The van der Waals surface area contributed by atoms with Crippen molar-refractivity contribution in [2.24, 2.45) is 0 Å². The molecule has 1 unspecified atom stereocenters. The van der Waals surface area contributed by atoms with Crippen LogP contribution in [-0.2, 0) is 48.2 Å². The van der Waals surface area contributed by atoms with E-state index in [0.717, 1.165) is 0 Å². The number of alkyl halides is 1. The molecule has 114 heavy (non-hydrogen) atoms. The molecular weight excluding hydrogens is 1620 g/mol. The predicted octanol–water partition coefficient (Wildman–Crippen LogP) is 7.74. The Morgan fingerprint density at radius 1 is 0.482 bits per heavy atom. The molecule has 6 aromatic heterocycles. The van der Waals surface area contributed by atoms with Gasteiger partial charge in [0.15, 0.2) is 0 Å². The van der Waals surface area contributed by atoms with Crippen LogP contribution in [0.2, 0.25) is 30.1 Å². The summed E-state index contributed by atoms with van der Waals surface area (Å²) in [6.45, 7) is 9.85. The Bertz CT molecular complexity index is 5020. The van der Waals surface area contributed by atoms with Gasteiger partial charge in [0.05, 0.1) is 204 Å². The molecule has 3 fully saturated rings. The molecule has 0 saturated carbocycles. The van der Waals surface area contributed by atoms with Crippen molar-refractivity contribution in [2.45, 2.75) is 69.4 Å². The zero-order chi connectivity index (χ0) is 81.6. The van der Waals surface area contributed by atoms with Gasteiger partial charge in [0.2, 0.25) is 35.6 Å². The van der Waals surface area contributed by atoms with Crippen LogP contribution in [0.4, 0.5) is 22.2 Å². The molecule has 33 nitrogen and oxygen atoms in total. The molecule has 3 aromatic carbocycles. The van der Waals surface area contributed by atoms with Crippen molar-refractivity contribution in [3.63, 3.8) is 0 Å². The Morgan fingerprint density at radius 3 is 1.02 bits per heavy atom. The molecule has 608 valence electrons. The van der Waals surface area contributed by atoms with Crippen LogP contribution in [0.1, 0.15) is 7.43 Å². The van der Waals surface area contributed by atoms with E-state index in [2.05, 4.69) is 81.5 Å². The van der Waals surface area contributed by atoms with E-state index in [1.54, 1.807) is 6.07 Å². The fourth-order valence-electron chi connectivity index (χ4n) is 12.4. The highest BCUT2D eigenvalue weighted by Crippen LogP contribution is 2.48. The number of nitrogens with zero attached hydrogens (tertiary/aromatic N) is 9. The summed E-state index contributed by atoms with van der Waals surface area (Å²) in [7, 11) is 8.55. The second-order valence-electron chi connectivity index (χ2n) is 24.8. The Balaban J connectivity index is 0.000000195. The van der Waals surface area contributed by atoms with Gasteiger partial charge in [-0.05, 0) is 36.4 Å². The minimum absolute atomic E-state index is 0. The lowest BCUT2D eigenvalue weighted by molar-refractivity contribution is -0.118. The van der Waals surface area contributed by atoms with Gasteiger partial charge in [-0.2, -0.15) is 15.0 Å². The number of carbonyl (C=O) groups excluding carboxylic acids is 3. The second-order valence-corrected chi connectivity index (χ2v) is 27.1. The lowest BCUT2D eigenvalue weighted by atomic mass is 10.0. The van der Waals surface area contributed by atoms with Gasteiger partial charge in [0.1, 0.15) is 58.1 Å². The van der Waals surface area contributed by atoms with Crippen molar-refractivity contribution < 1.29 is 76.7 Å². The van der Waals surface area contributed by atoms with Gasteiger partial charge >= 0.3 is 0 Å². The van der Waals surface area contributed by atoms with E-state index in [0.29, 0.717) is 42.6 Å². The second kappa shape index (κ2) is 39.7. The number of nitrogens with one attached hydrogen (secondary N) is 6. The molecule has 0 bridgehead atoms. The number of anilines is 3. The summed E-state index contributed by atoms with van der Waals surface area (Å²) in [6.07, 6.45) is 6.78. The maximum Gasteiger partial charge on any atom is 0.260 e. The van der Waals surface area contributed by atoms with Crippen LogP contribution in [0.3, 0.4) is 0 Å². The molecule has 3 aliphatic heterocycles. The number of methoxy groups -OCH3 is 6. The van der Waals surface area contributed by atoms with Crippen LogP contribution in [0, 0.1) is 0 Å². The minimum atomic E-state index is -1.26. The summed E-state index contributed by atoms with van der Waals surface area (Å²) >= 11 is 39.3. The molecule has 0 radical (unpaired) electrons. The van der Waals surface area contributed by atoms with Gasteiger partial charge in [0, 0.05) is 69.6 Å². The lowest BCUT2D eigenvalue weighted by Crippen LogP contribution is -2.45. The maximum atomic E-state index is 13.8. The first-order chi connectivity index (χ1) is 54.4. The van der Waals surface area contributed by atoms with Gasteiger partial charge < -0.3 is 89.9 Å². The number of hydrogen-bond acceptors (Lipinski definition) is 27. The van der Waals surface area contributed by atoms with E-state index in [1.807, 2.05) is 0 Å². The number of fused-ring (bicyclic) bond motifs is 3. The third-order valence-corrected chi connectivity index (χ3v) is 20.2. The lowest BCUT2D eigenvalue weighted by Gasteiger charge is -2.21. The Labute approximate surface area is 680 Å². The van der Waals surface area contributed by atoms with Gasteiger partial charge in [-0.1, -0.05) is 96.8 Å². The number of aromatic nitrogens is 9. The summed E-state index contributed by atoms with van der Waals surface area (Å²) in [4.78, 5) is 103. The van der Waals surface area contributed by atoms with Crippen LogP contribution in [0.15, 0.2) is 107 Å². The molecule has 9 N–H and O–H groups in total. The highest BCUT2D eigenvalue weighted by Gasteiger charge is 2.35. The fraction of sp³-hybridized carbons (Fsp3) is 0.351. The van der Waals surface area contributed by atoms with E-state index in [-0.39, 0.29) is 234 Å². The maximum absolute atomic E-state index is 13.8. The number of hydrogen-bond donors (Lipinski definition) is 9. The Morgan fingerprint density at radius 2 is 0.754 bits per heavy atom. The monoisotopic (exact) mass is 1700 g/mol. The first kappa shape index (κ1) is 87.8. The van der Waals surface area contributed by atoms with Gasteiger partial charge in [-0.3, -0.25) is 42.5 Å². The highest BCUT2D eigenvalue weighted by molar-refractivity contribution is 6.42. The van der Waals surface area contributed by atoms with Crippen molar-refractivity contribution in [3.05, 3.63) is 154 Å². The van der Waals surface area contributed by atoms with Crippen molar-refractivity contribution in [3.8, 4) is 67.9 Å². The van der Waals surface area contributed by atoms with Crippen LogP contribution in [-0.4, -0.2) is 221 Å². The van der Waals surface area contributed by atoms with Gasteiger partial charge in [-0.25, -0.2) is 19.3 Å². The normalized spacial score (nSPS) is 17.1. The van der Waals surface area contributed by atoms with Crippen molar-refractivity contribution in [2.75, 3.05) is 118 Å². The largest absolute Gasteiger partial charge is 0.495 e. The summed E-state index contributed by atoms with van der Waals surface area (Å²) in [6, 6.07) is 7.17. The Kier molecular flexibility index (Phi) is 30.6. The number of benzene rings is 3. The average Bonchev–Trinajstić information content (AvgIpc) is 0.789. The molecule has 0 aliphatic carbocycles. The third-order valence-electron chi connectivity index (χ3n) is 18.0. The van der Waals surface area contributed by atoms with E-state index in [1.165, 1.54) is 124 Å². The molecule has 12 rings (SSSR count). The third kappa shape index (κ3) is 19.1. The molecular formula is C74H80Cl6FN15O18. The molecule has 3 amide bonds. The zero-order valence-electron chi connectivity index (χ0n) is 61.2. The minimum Gasteiger partial charge on any atom is -0.495 e. The summed E-state index contributed by atoms with van der Waals surface area (Å²) < 4.78 is 65.7. The molecule has 9 aromatic rings. The number of aliphatic hydroxyl groups excluding tert-OH is 3. The number of aryl methyl sites for hydroxylation is 1. The molecule has 3 saturated heterocycles. The number of halogens is 7. The first-order valence-electron chi connectivity index (χ1n) is 34.2. The van der Waals surface area contributed by atoms with E-state index < -0.39 is 36.1 Å². The molecule has 0 spiro atoms. The number of amides is 3. The fourth-order valence-corrected chi connectivity index (χ4v) is 14.5. The molecule has 9 heterocycles. The van der Waals surface area contributed by atoms with Crippen LogP contribution < -0.4 is 77.0 Å². The number of pyridine rings is 3. The average molecular weight is 1700 g/mol. The Hall–Kier alpha value is -10.2. The predicted molar refractivity (Wildman–Crippen MR) is 431 cm³/mol. The van der Waals surface area contributed by atoms with Crippen molar-refractivity contribution >= 4 is 138 Å². The summed E-state index contributed by atoms with van der Waals surface area (Å²) in [5.41, 5.74) is -0.0256. The number of ether oxygens (including phenoxy) is 9. The first-order valence-corrected chi connectivity index (χ1v) is 36.4. The van der Waals surface area contributed by atoms with E-state index in [9.17, 15) is 48.5 Å². The van der Waals surface area contributed by atoms with Crippen molar-refractivity contribution in [1.29, 1.82) is 0 Å². The summed E-state index contributed by atoms with van der Waals surface area (Å²) in [5.74, 6) is 1.09. The van der Waals surface area contributed by atoms with Crippen LogP contribution in [0.5, 0.6) is 34.5 Å². The molecule has 7 atom stereocenters. The number of rotatable bonds is 28. The molecule has 3 aliphatic rings. The highest BCUT2D eigenvalue weighted by atomic mass is 35.5. The SMILES string of the molecule is C.C=CC(=O)N[C@H]1COC[C@H]1Nc1ncc2cc(-c3c(Cl)c(OC)cc(OC)c3Cl)c(=O)n(CC(O)CO)c2n1.C=CC(=O)N[C@H]1COC[C@H]1Nc1ncc2cc(-c3c(Cl)c(OC)cc(OC)c3Cl)c(=O)n(CCF)c2n1.C=CC(=O)N[C@H]1COC[C@H]1Nc1ncc2cc(-c3c(Cl)c(OC)cc(OC)c3Cl)c(=O)n(CCO)c2n1. The van der Waals surface area contributed by atoms with E-state index >= 15 is 0 Å². The number of carbonyl (C=O) groups is 3. The van der Waals surface area contributed by atoms with Crippen molar-refractivity contribution in [1.82, 2.24) is 59.6 Å². The summed E-state index contributed by atoms with van der Waals surface area (Å²) in [5, 5.41) is 49.2. The van der Waals surface area contributed by atoms with Crippen LogP contribution >= 0.6 is 69.6 Å². The number of aliphatic hydroxyl groups is 3.